The van der Waals surface area contributed by atoms with Crippen LogP contribution in [0.5, 0.6) is 17.2 Å². The molecule has 0 spiro atoms. The summed E-state index contributed by atoms with van der Waals surface area (Å²) in [5.41, 5.74) is -1.34. The average molecular weight is 642 g/mol. The van der Waals surface area contributed by atoms with Gasteiger partial charge in [-0.1, -0.05) is 37.6 Å². The molecular formula is C29H22Br2O7. The van der Waals surface area contributed by atoms with Crippen molar-refractivity contribution in [2.75, 3.05) is 6.61 Å². The zero-order chi connectivity index (χ0) is 27.0. The van der Waals surface area contributed by atoms with Gasteiger partial charge in [-0.15, -0.1) is 0 Å². The first-order valence-corrected chi connectivity index (χ1v) is 13.5. The van der Waals surface area contributed by atoms with E-state index in [1.807, 2.05) is 0 Å². The summed E-state index contributed by atoms with van der Waals surface area (Å²) in [5, 5.41) is 23.2. The Morgan fingerprint density at radius 1 is 0.816 bits per heavy atom. The van der Waals surface area contributed by atoms with Crippen molar-refractivity contribution < 1.29 is 23.8 Å². The zero-order valence-electron chi connectivity index (χ0n) is 20.2. The van der Waals surface area contributed by atoms with Gasteiger partial charge in [-0.05, 0) is 80.2 Å². The molecular weight excluding hydrogens is 620 g/mol. The summed E-state index contributed by atoms with van der Waals surface area (Å²) in [4.78, 5) is 26.7. The zero-order valence-corrected chi connectivity index (χ0v) is 23.3. The van der Waals surface area contributed by atoms with Crippen LogP contribution in [0.3, 0.4) is 0 Å². The van der Waals surface area contributed by atoms with Crippen LogP contribution in [-0.4, -0.2) is 16.8 Å². The van der Waals surface area contributed by atoms with Crippen LogP contribution in [0.2, 0.25) is 0 Å². The van der Waals surface area contributed by atoms with Gasteiger partial charge in [-0.3, -0.25) is 0 Å². The summed E-state index contributed by atoms with van der Waals surface area (Å²) in [6.07, 6.45) is 1.82. The summed E-state index contributed by atoms with van der Waals surface area (Å²) in [6, 6.07) is 16.4. The van der Waals surface area contributed by atoms with Crippen molar-refractivity contribution >= 4 is 53.8 Å². The summed E-state index contributed by atoms with van der Waals surface area (Å²) in [7, 11) is 0. The number of hydrogen-bond donors (Lipinski definition) is 2. The molecule has 0 aliphatic carbocycles. The van der Waals surface area contributed by atoms with Gasteiger partial charge in [-0.2, -0.15) is 0 Å². The lowest BCUT2D eigenvalue weighted by atomic mass is 9.84. The van der Waals surface area contributed by atoms with Crippen molar-refractivity contribution in [3.8, 4) is 17.2 Å². The van der Waals surface area contributed by atoms with Crippen LogP contribution in [0.4, 0.5) is 0 Å². The van der Waals surface area contributed by atoms with E-state index in [0.29, 0.717) is 26.9 Å². The van der Waals surface area contributed by atoms with Crippen molar-refractivity contribution in [3.63, 3.8) is 0 Å². The van der Waals surface area contributed by atoms with Crippen molar-refractivity contribution in [3.05, 3.63) is 107 Å². The van der Waals surface area contributed by atoms with E-state index in [1.54, 1.807) is 60.7 Å². The normalized spacial score (nSPS) is 11.5. The molecule has 2 aromatic heterocycles. The van der Waals surface area contributed by atoms with Crippen LogP contribution in [0.25, 0.3) is 21.9 Å². The number of benzene rings is 3. The first-order valence-electron chi connectivity index (χ1n) is 11.9. The lowest BCUT2D eigenvalue weighted by molar-refractivity contribution is 0.305. The van der Waals surface area contributed by atoms with Gasteiger partial charge in [0, 0.05) is 0 Å². The topological polar surface area (TPSA) is 110 Å². The number of hydrogen-bond acceptors (Lipinski definition) is 7. The fraction of sp³-hybridized carbons (Fsp3) is 0.172. The Kier molecular flexibility index (Phi) is 7.32. The van der Waals surface area contributed by atoms with Gasteiger partial charge in [0.15, 0.2) is 0 Å². The van der Waals surface area contributed by atoms with Crippen LogP contribution in [-0.2, 0) is 0 Å². The lowest BCUT2D eigenvalue weighted by Crippen LogP contribution is -2.21. The molecule has 0 atom stereocenters. The Hall–Kier alpha value is -3.56. The number of rotatable bonds is 7. The third kappa shape index (κ3) is 4.61. The molecule has 0 saturated heterocycles. The van der Waals surface area contributed by atoms with Crippen LogP contribution in [0.1, 0.15) is 42.4 Å². The van der Waals surface area contributed by atoms with E-state index in [0.717, 1.165) is 12.8 Å². The smallest absolute Gasteiger partial charge is 0.344 e. The summed E-state index contributed by atoms with van der Waals surface area (Å²) in [6.45, 7) is 2.56. The van der Waals surface area contributed by atoms with E-state index in [2.05, 4.69) is 38.8 Å². The van der Waals surface area contributed by atoms with Gasteiger partial charge in [0.1, 0.15) is 28.4 Å². The number of fused-ring (bicyclic) bond motifs is 2. The van der Waals surface area contributed by atoms with Crippen LogP contribution < -0.4 is 16.0 Å². The van der Waals surface area contributed by atoms with Crippen molar-refractivity contribution in [2.45, 2.75) is 25.7 Å². The highest BCUT2D eigenvalue weighted by molar-refractivity contribution is 9.11. The molecule has 0 aliphatic rings. The largest absolute Gasteiger partial charge is 0.507 e. The quantitative estimate of drug-likeness (QED) is 0.143. The van der Waals surface area contributed by atoms with Gasteiger partial charge in [0.05, 0.1) is 43.4 Å². The van der Waals surface area contributed by atoms with Gasteiger partial charge < -0.3 is 23.8 Å². The van der Waals surface area contributed by atoms with Crippen LogP contribution >= 0.6 is 31.9 Å². The maximum atomic E-state index is 13.4. The van der Waals surface area contributed by atoms with E-state index in [1.165, 1.54) is 0 Å². The van der Waals surface area contributed by atoms with E-state index in [9.17, 15) is 19.8 Å². The van der Waals surface area contributed by atoms with Gasteiger partial charge >= 0.3 is 11.3 Å². The minimum atomic E-state index is -1.24. The van der Waals surface area contributed by atoms with Gasteiger partial charge in [0.25, 0.3) is 0 Å². The van der Waals surface area contributed by atoms with Crippen LogP contribution in [0, 0.1) is 0 Å². The molecule has 5 aromatic rings. The molecule has 0 radical (unpaired) electrons. The molecule has 0 bridgehead atoms. The molecule has 0 aliphatic heterocycles. The molecule has 0 amide bonds. The number of para-hydroxylation sites is 2. The Bertz CT molecular complexity index is 1670. The molecule has 0 unspecified atom stereocenters. The molecule has 194 valence electrons. The van der Waals surface area contributed by atoms with E-state index in [4.69, 9.17) is 13.6 Å². The number of halogens is 2. The molecule has 7 nitrogen and oxygen atoms in total. The fourth-order valence-corrected chi connectivity index (χ4v) is 5.94. The Morgan fingerprint density at radius 3 is 1.76 bits per heavy atom. The Labute approximate surface area is 233 Å². The SMILES string of the molecule is CCCCOc1c(Br)cc(C(c2c(O)c3ccccc3oc2=O)c2c(O)c3ccccc3oc2=O)cc1Br. The van der Waals surface area contributed by atoms with Crippen molar-refractivity contribution in [1.29, 1.82) is 0 Å². The summed E-state index contributed by atoms with van der Waals surface area (Å²) in [5.74, 6) is -1.41. The Balaban J connectivity index is 1.83. The first kappa shape index (κ1) is 26.1. The standard InChI is InChI=1S/C29H22Br2O7/c1-2-3-12-36-27-18(30)13-15(14-19(27)31)22(23-25(32)16-8-4-6-10-20(16)37-28(23)34)24-26(33)17-9-5-7-11-21(17)38-29(24)35/h4-11,13-14,22,32-33H,2-3,12H2,1H3. The lowest BCUT2D eigenvalue weighted by Gasteiger charge is -2.21. The molecule has 2 heterocycles. The maximum Gasteiger partial charge on any atom is 0.344 e. The second kappa shape index (κ2) is 10.7. The predicted molar refractivity (Wildman–Crippen MR) is 151 cm³/mol. The molecule has 0 fully saturated rings. The number of ether oxygens (including phenoxy) is 1. The minimum absolute atomic E-state index is 0.189. The molecule has 38 heavy (non-hydrogen) atoms. The molecule has 3 aromatic carbocycles. The van der Waals surface area contributed by atoms with Crippen LogP contribution in [0.15, 0.2) is 88.0 Å². The second-order valence-electron chi connectivity index (χ2n) is 8.74. The summed E-state index contributed by atoms with van der Waals surface area (Å²) >= 11 is 7.07. The summed E-state index contributed by atoms with van der Waals surface area (Å²) < 4.78 is 18.1. The third-order valence-corrected chi connectivity index (χ3v) is 7.49. The number of aromatic hydroxyl groups is 2. The van der Waals surface area contributed by atoms with Gasteiger partial charge in [-0.25, -0.2) is 9.59 Å². The van der Waals surface area contributed by atoms with Gasteiger partial charge in [0.2, 0.25) is 0 Å². The Morgan fingerprint density at radius 2 is 1.29 bits per heavy atom. The monoisotopic (exact) mass is 640 g/mol. The van der Waals surface area contributed by atoms with E-state index >= 15 is 0 Å². The van der Waals surface area contributed by atoms with E-state index < -0.39 is 17.2 Å². The minimum Gasteiger partial charge on any atom is -0.507 e. The molecule has 2 N–H and O–H groups in total. The first-order chi connectivity index (χ1) is 18.3. The second-order valence-corrected chi connectivity index (χ2v) is 10.5. The predicted octanol–water partition coefficient (Wildman–Crippen LogP) is 7.19. The molecule has 0 saturated carbocycles. The molecule has 5 rings (SSSR count). The number of unbranched alkanes of at least 4 members (excludes halogenated alkanes) is 1. The highest BCUT2D eigenvalue weighted by Gasteiger charge is 2.33. The van der Waals surface area contributed by atoms with E-state index in [-0.39, 0.29) is 44.6 Å². The fourth-order valence-electron chi connectivity index (χ4n) is 4.49. The maximum absolute atomic E-state index is 13.4. The highest BCUT2D eigenvalue weighted by Crippen LogP contribution is 2.45. The van der Waals surface area contributed by atoms with Crippen molar-refractivity contribution in [1.82, 2.24) is 0 Å². The highest BCUT2D eigenvalue weighted by atomic mass is 79.9. The molecule has 9 heteroatoms. The average Bonchev–Trinajstić information content (AvgIpc) is 2.89. The third-order valence-electron chi connectivity index (χ3n) is 6.32. The van der Waals surface area contributed by atoms with Crippen molar-refractivity contribution in [2.24, 2.45) is 0 Å².